The third-order valence-corrected chi connectivity index (χ3v) is 2.72. The van der Waals surface area contributed by atoms with E-state index < -0.39 is 6.04 Å². The molecule has 1 unspecified atom stereocenters. The minimum Gasteiger partial charge on any atom is -0.490 e. The van der Waals surface area contributed by atoms with Crippen LogP contribution in [0.1, 0.15) is 23.7 Å². The zero-order valence-electron chi connectivity index (χ0n) is 9.32. The summed E-state index contributed by atoms with van der Waals surface area (Å²) < 4.78 is 5.44. The van der Waals surface area contributed by atoms with Gasteiger partial charge in [-0.3, -0.25) is 4.79 Å². The van der Waals surface area contributed by atoms with Gasteiger partial charge in [-0.2, -0.15) is 0 Å². The molecule has 1 aliphatic rings. The lowest BCUT2D eigenvalue weighted by molar-refractivity contribution is 0.0959. The van der Waals surface area contributed by atoms with Crippen molar-refractivity contribution in [3.8, 4) is 5.75 Å². The Kier molecular flexibility index (Phi) is 3.10. The van der Waals surface area contributed by atoms with Gasteiger partial charge < -0.3 is 15.8 Å². The monoisotopic (exact) mass is 220 g/mol. The molecule has 3 N–H and O–H groups in total. The molecule has 1 aliphatic heterocycles. The number of nitrogens with one attached hydrogen (secondary N) is 1. The van der Waals surface area contributed by atoms with Gasteiger partial charge in [0.15, 0.2) is 5.78 Å². The van der Waals surface area contributed by atoms with Crippen LogP contribution in [0, 0.1) is 0 Å². The van der Waals surface area contributed by atoms with Crippen LogP contribution in [-0.2, 0) is 0 Å². The molecule has 0 aliphatic carbocycles. The summed E-state index contributed by atoms with van der Waals surface area (Å²) in [6.07, 6.45) is 0.653. The largest absolute Gasteiger partial charge is 0.490 e. The summed E-state index contributed by atoms with van der Waals surface area (Å²) in [6, 6.07) is 4.98. The van der Waals surface area contributed by atoms with Crippen molar-refractivity contribution in [2.45, 2.75) is 19.4 Å². The van der Waals surface area contributed by atoms with Crippen molar-refractivity contribution in [1.29, 1.82) is 0 Å². The average molecular weight is 220 g/mol. The lowest BCUT2D eigenvalue weighted by atomic mass is 10.0. The summed E-state index contributed by atoms with van der Waals surface area (Å²) in [5, 5.41) is 3.20. The Morgan fingerprint density at radius 1 is 1.62 bits per heavy atom. The molecule has 0 fully saturated rings. The van der Waals surface area contributed by atoms with Crippen LogP contribution >= 0.6 is 0 Å². The van der Waals surface area contributed by atoms with Crippen LogP contribution in [0.4, 0.5) is 5.69 Å². The van der Waals surface area contributed by atoms with Crippen molar-refractivity contribution in [2.75, 3.05) is 18.5 Å². The van der Waals surface area contributed by atoms with Crippen LogP contribution in [0.15, 0.2) is 18.2 Å². The molecule has 1 aromatic rings. The van der Waals surface area contributed by atoms with Gasteiger partial charge in [0.1, 0.15) is 12.4 Å². The number of anilines is 1. The Bertz CT molecular complexity index is 404. The molecule has 16 heavy (non-hydrogen) atoms. The van der Waals surface area contributed by atoms with Gasteiger partial charge in [-0.15, -0.1) is 0 Å². The van der Waals surface area contributed by atoms with Gasteiger partial charge in [-0.05, 0) is 24.6 Å². The van der Waals surface area contributed by atoms with E-state index in [1.165, 1.54) is 0 Å². The number of hydrogen-bond donors (Lipinski definition) is 2. The predicted octanol–water partition coefficient (Wildman–Crippen LogP) is 1.41. The Hall–Kier alpha value is -1.55. The molecule has 0 aromatic heterocycles. The zero-order chi connectivity index (χ0) is 11.5. The van der Waals surface area contributed by atoms with E-state index in [9.17, 15) is 4.79 Å². The Balaban J connectivity index is 2.26. The third kappa shape index (κ3) is 2.02. The number of fused-ring (bicyclic) bond motifs is 1. The molecule has 1 atom stereocenters. The van der Waals surface area contributed by atoms with Gasteiger partial charge in [0.25, 0.3) is 0 Å². The summed E-state index contributed by atoms with van der Waals surface area (Å²) in [5.41, 5.74) is 7.24. The van der Waals surface area contributed by atoms with Crippen molar-refractivity contribution >= 4 is 11.5 Å². The fraction of sp³-hybridized carbons (Fsp3) is 0.417. The average Bonchev–Trinajstić information content (AvgIpc) is 2.36. The van der Waals surface area contributed by atoms with E-state index in [2.05, 4.69) is 5.32 Å². The summed E-state index contributed by atoms with van der Waals surface area (Å²) in [7, 11) is 0. The second-order valence-corrected chi connectivity index (χ2v) is 3.87. The van der Waals surface area contributed by atoms with Gasteiger partial charge >= 0.3 is 0 Å². The van der Waals surface area contributed by atoms with Crippen LogP contribution < -0.4 is 15.8 Å². The van der Waals surface area contributed by atoms with Crippen molar-refractivity contribution in [2.24, 2.45) is 5.73 Å². The van der Waals surface area contributed by atoms with E-state index in [1.807, 2.05) is 19.1 Å². The number of Topliss-reactive ketones (excluding diaryl/α,β-unsaturated/α-hetero) is 1. The van der Waals surface area contributed by atoms with Crippen LogP contribution in [0.25, 0.3) is 0 Å². The maximum atomic E-state index is 11.9. The molecular weight excluding hydrogens is 204 g/mol. The number of carbonyl (C=O) groups excluding carboxylic acids is 1. The lowest BCUT2D eigenvalue weighted by Gasteiger charge is -2.20. The maximum absolute atomic E-state index is 11.9. The number of rotatable bonds is 3. The number of hydrogen-bond acceptors (Lipinski definition) is 4. The second-order valence-electron chi connectivity index (χ2n) is 3.87. The van der Waals surface area contributed by atoms with Crippen LogP contribution in [0.3, 0.4) is 0 Å². The Morgan fingerprint density at radius 3 is 3.19 bits per heavy atom. The van der Waals surface area contributed by atoms with Crippen LogP contribution in [0.2, 0.25) is 0 Å². The molecule has 86 valence electrons. The van der Waals surface area contributed by atoms with Gasteiger partial charge in [0, 0.05) is 12.1 Å². The highest BCUT2D eigenvalue weighted by molar-refractivity contribution is 6.01. The normalized spacial score (nSPS) is 15.6. The minimum absolute atomic E-state index is 0.0160. The lowest BCUT2D eigenvalue weighted by Crippen LogP contribution is -2.29. The van der Waals surface area contributed by atoms with Crippen LogP contribution in [0.5, 0.6) is 5.75 Å². The molecule has 0 amide bonds. The molecule has 0 saturated heterocycles. The van der Waals surface area contributed by atoms with Crippen molar-refractivity contribution in [3.05, 3.63) is 23.8 Å². The van der Waals surface area contributed by atoms with E-state index >= 15 is 0 Å². The third-order valence-electron chi connectivity index (χ3n) is 2.72. The summed E-state index contributed by atoms with van der Waals surface area (Å²) in [4.78, 5) is 11.9. The quantitative estimate of drug-likeness (QED) is 0.756. The maximum Gasteiger partial charge on any atom is 0.179 e. The molecule has 4 heteroatoms. The standard InChI is InChI=1S/C12H16N2O2/c1-2-9(13)12(15)8-3-4-11-10(7-8)14-5-6-16-11/h3-4,7,9,14H,2,5-6,13H2,1H3. The molecular formula is C12H16N2O2. The van der Waals surface area contributed by atoms with Gasteiger partial charge in [0.05, 0.1) is 11.7 Å². The number of ketones is 1. The number of ether oxygens (including phenoxy) is 1. The highest BCUT2D eigenvalue weighted by Crippen LogP contribution is 2.28. The summed E-state index contributed by atoms with van der Waals surface area (Å²) >= 11 is 0. The molecule has 1 aromatic carbocycles. The van der Waals surface area contributed by atoms with E-state index in [0.29, 0.717) is 18.6 Å². The molecule has 0 bridgehead atoms. The van der Waals surface area contributed by atoms with Crippen LogP contribution in [-0.4, -0.2) is 25.0 Å². The highest BCUT2D eigenvalue weighted by atomic mass is 16.5. The summed E-state index contributed by atoms with van der Waals surface area (Å²) in [6.45, 7) is 3.33. The van der Waals surface area contributed by atoms with Gasteiger partial charge in [-0.25, -0.2) is 0 Å². The molecule has 2 rings (SSSR count). The van der Waals surface area contributed by atoms with Crippen molar-refractivity contribution < 1.29 is 9.53 Å². The molecule has 0 saturated carbocycles. The topological polar surface area (TPSA) is 64.4 Å². The van der Waals surface area contributed by atoms with E-state index in [1.54, 1.807) is 6.07 Å². The van der Waals surface area contributed by atoms with Crippen molar-refractivity contribution in [1.82, 2.24) is 0 Å². The second kappa shape index (κ2) is 4.53. The molecule has 0 spiro atoms. The first-order valence-electron chi connectivity index (χ1n) is 5.53. The van der Waals surface area contributed by atoms with E-state index in [4.69, 9.17) is 10.5 Å². The van der Waals surface area contributed by atoms with Gasteiger partial charge in [-0.1, -0.05) is 6.92 Å². The van der Waals surface area contributed by atoms with Crippen molar-refractivity contribution in [3.63, 3.8) is 0 Å². The van der Waals surface area contributed by atoms with E-state index in [0.717, 1.165) is 18.0 Å². The van der Waals surface area contributed by atoms with Gasteiger partial charge in [0.2, 0.25) is 0 Å². The predicted molar refractivity (Wildman–Crippen MR) is 63.0 cm³/mol. The SMILES string of the molecule is CCC(N)C(=O)c1ccc2c(c1)NCCO2. The number of carbonyl (C=O) groups is 1. The molecule has 4 nitrogen and oxygen atoms in total. The first-order chi connectivity index (χ1) is 7.72. The number of benzene rings is 1. The first kappa shape index (κ1) is 11.0. The molecule has 0 radical (unpaired) electrons. The Labute approximate surface area is 94.8 Å². The highest BCUT2D eigenvalue weighted by Gasteiger charge is 2.17. The summed E-state index contributed by atoms with van der Waals surface area (Å²) in [5.74, 6) is 0.783. The van der Waals surface area contributed by atoms with E-state index in [-0.39, 0.29) is 5.78 Å². The zero-order valence-corrected chi connectivity index (χ0v) is 9.32. The fourth-order valence-electron chi connectivity index (χ4n) is 1.69. The number of nitrogens with two attached hydrogens (primary N) is 1. The smallest absolute Gasteiger partial charge is 0.179 e. The Morgan fingerprint density at radius 2 is 2.44 bits per heavy atom. The fourth-order valence-corrected chi connectivity index (χ4v) is 1.69. The minimum atomic E-state index is -0.414. The first-order valence-corrected chi connectivity index (χ1v) is 5.53. The molecule has 1 heterocycles.